The standard InChI is InChI=1S/C28H36N4O.2ClH/c29-27(33)28(31-18-6-1-7-19-31)15-21-30(22-16-28)17-8-20-32-25-11-4-2-9-23(25)13-14-24-10-3-5-12-26(24)32;;/h2-5,9-14H,1,6-8,15-22H2,(H2,29,33);2*1H. The molecule has 2 aromatic rings. The van der Waals surface area contributed by atoms with Crippen LogP contribution in [0.4, 0.5) is 11.4 Å². The minimum atomic E-state index is -0.321. The maximum Gasteiger partial charge on any atom is 0.279 e. The zero-order valence-electron chi connectivity index (χ0n) is 20.4. The number of carbonyl (C=O) groups is 1. The monoisotopic (exact) mass is 516 g/mol. The molecule has 0 aromatic heterocycles. The van der Waals surface area contributed by atoms with E-state index < -0.39 is 0 Å². The highest BCUT2D eigenvalue weighted by Crippen LogP contribution is 2.36. The van der Waals surface area contributed by atoms with Crippen LogP contribution in [0.1, 0.15) is 49.7 Å². The van der Waals surface area contributed by atoms with Crippen LogP contribution in [0.2, 0.25) is 0 Å². The quantitative estimate of drug-likeness (QED) is 0.363. The van der Waals surface area contributed by atoms with Crippen molar-refractivity contribution in [1.29, 1.82) is 0 Å². The maximum atomic E-state index is 12.5. The Labute approximate surface area is 222 Å². The van der Waals surface area contributed by atoms with Crippen LogP contribution in [-0.2, 0) is 4.79 Å². The van der Waals surface area contributed by atoms with E-state index in [1.165, 1.54) is 46.7 Å². The molecule has 190 valence electrons. The van der Waals surface area contributed by atoms with Gasteiger partial charge in [-0.2, -0.15) is 0 Å². The molecule has 4 N–H and O–H groups in total. The van der Waals surface area contributed by atoms with Crippen LogP contribution < -0.4 is 45.2 Å². The number of halogens is 2. The van der Waals surface area contributed by atoms with Gasteiger partial charge in [0.25, 0.3) is 5.91 Å². The van der Waals surface area contributed by atoms with Gasteiger partial charge in [-0.1, -0.05) is 48.6 Å². The lowest BCUT2D eigenvalue weighted by atomic mass is 9.83. The number of carbonyl (C=O) groups excluding carboxylic acids is 1. The van der Waals surface area contributed by atoms with Gasteiger partial charge in [0.15, 0.2) is 5.54 Å². The number of hydrogen-bond acceptors (Lipinski definition) is 2. The molecule has 2 fully saturated rings. The average Bonchev–Trinajstić information content (AvgIpc) is 3.02. The third-order valence-corrected chi connectivity index (χ3v) is 8.23. The van der Waals surface area contributed by atoms with Gasteiger partial charge >= 0.3 is 0 Å². The fourth-order valence-corrected chi connectivity index (χ4v) is 6.30. The first-order valence-electron chi connectivity index (χ1n) is 12.8. The number of amides is 1. The van der Waals surface area contributed by atoms with Gasteiger partial charge in [0.05, 0.1) is 45.6 Å². The fourth-order valence-electron chi connectivity index (χ4n) is 6.30. The topological polar surface area (TPSA) is 55.2 Å². The molecular weight excluding hydrogens is 479 g/mol. The van der Waals surface area contributed by atoms with Gasteiger partial charge < -0.3 is 45.2 Å². The number of nitrogens with two attached hydrogens (primary N) is 1. The van der Waals surface area contributed by atoms with Gasteiger partial charge in [-0.15, -0.1) is 0 Å². The van der Waals surface area contributed by atoms with E-state index in [0.717, 1.165) is 58.5 Å². The molecule has 5 rings (SSSR count). The van der Waals surface area contributed by atoms with Crippen LogP contribution in [0.5, 0.6) is 0 Å². The van der Waals surface area contributed by atoms with Crippen molar-refractivity contribution in [1.82, 2.24) is 0 Å². The van der Waals surface area contributed by atoms with E-state index in [2.05, 4.69) is 65.6 Å². The molecule has 0 spiro atoms. The molecule has 3 heterocycles. The number of nitrogens with one attached hydrogen (secondary N) is 2. The molecule has 0 saturated carbocycles. The maximum absolute atomic E-state index is 12.5. The minimum absolute atomic E-state index is 0. The number of piperidine rings is 2. The van der Waals surface area contributed by atoms with E-state index in [1.54, 1.807) is 4.90 Å². The lowest BCUT2D eigenvalue weighted by Crippen LogP contribution is -3.26. The van der Waals surface area contributed by atoms with E-state index in [9.17, 15) is 4.79 Å². The van der Waals surface area contributed by atoms with Gasteiger partial charge in [0.1, 0.15) is 0 Å². The largest absolute Gasteiger partial charge is 1.00 e. The number of hydrogen-bond donors (Lipinski definition) is 3. The minimum Gasteiger partial charge on any atom is -1.00 e. The van der Waals surface area contributed by atoms with E-state index in [1.807, 2.05) is 0 Å². The van der Waals surface area contributed by atoms with Gasteiger partial charge in [0.2, 0.25) is 0 Å². The molecule has 2 saturated heterocycles. The Balaban J connectivity index is 0.00000171. The molecule has 0 bridgehead atoms. The van der Waals surface area contributed by atoms with Crippen molar-refractivity contribution < 1.29 is 39.4 Å². The molecule has 0 atom stereocenters. The van der Waals surface area contributed by atoms with Crippen LogP contribution in [0.3, 0.4) is 0 Å². The van der Waals surface area contributed by atoms with E-state index in [-0.39, 0.29) is 36.3 Å². The zero-order chi connectivity index (χ0) is 22.7. The second-order valence-electron chi connectivity index (χ2n) is 10.1. The summed E-state index contributed by atoms with van der Waals surface area (Å²) in [6, 6.07) is 17.4. The Hall–Kier alpha value is -2.05. The van der Waals surface area contributed by atoms with Crippen molar-refractivity contribution in [3.05, 3.63) is 59.7 Å². The molecule has 0 radical (unpaired) electrons. The van der Waals surface area contributed by atoms with Crippen molar-refractivity contribution in [2.75, 3.05) is 44.2 Å². The first-order chi connectivity index (χ1) is 16.2. The average molecular weight is 518 g/mol. The Morgan fingerprint density at radius 3 is 1.91 bits per heavy atom. The Bertz CT molecular complexity index is 964. The SMILES string of the molecule is NC(=O)C1([NH+]2CCCCC2)CC[NH+](CCCN2c3ccccc3C=Cc3ccccc32)CC1.[Cl-].[Cl-]. The summed E-state index contributed by atoms with van der Waals surface area (Å²) in [6.45, 7) is 6.47. The van der Waals surface area contributed by atoms with Crippen molar-refractivity contribution in [2.45, 2.75) is 44.1 Å². The number of para-hydroxylation sites is 2. The molecule has 5 nitrogen and oxygen atoms in total. The first-order valence-corrected chi connectivity index (χ1v) is 12.8. The number of fused-ring (bicyclic) bond motifs is 2. The lowest BCUT2D eigenvalue weighted by Gasteiger charge is -2.43. The highest BCUT2D eigenvalue weighted by Gasteiger charge is 2.50. The number of nitrogens with zero attached hydrogens (tertiary/aromatic N) is 1. The number of quaternary nitrogens is 2. The van der Waals surface area contributed by atoms with E-state index in [4.69, 9.17) is 5.73 Å². The van der Waals surface area contributed by atoms with Gasteiger partial charge in [0, 0.05) is 24.3 Å². The molecule has 1 amide bonds. The third kappa shape index (κ3) is 5.69. The van der Waals surface area contributed by atoms with Crippen LogP contribution >= 0.6 is 0 Å². The van der Waals surface area contributed by atoms with Crippen molar-refractivity contribution in [2.24, 2.45) is 5.73 Å². The van der Waals surface area contributed by atoms with Gasteiger partial charge in [-0.05, 0) is 42.5 Å². The first kappa shape index (κ1) is 27.5. The van der Waals surface area contributed by atoms with E-state index in [0.29, 0.717) is 0 Å². The smallest absolute Gasteiger partial charge is 0.279 e. The second-order valence-corrected chi connectivity index (χ2v) is 10.1. The Morgan fingerprint density at radius 2 is 1.37 bits per heavy atom. The predicted molar refractivity (Wildman–Crippen MR) is 135 cm³/mol. The third-order valence-electron chi connectivity index (χ3n) is 8.23. The summed E-state index contributed by atoms with van der Waals surface area (Å²) < 4.78 is 0. The lowest BCUT2D eigenvalue weighted by molar-refractivity contribution is -0.974. The summed E-state index contributed by atoms with van der Waals surface area (Å²) in [5.41, 5.74) is 10.8. The summed E-state index contributed by atoms with van der Waals surface area (Å²) in [7, 11) is 0. The predicted octanol–water partition coefficient (Wildman–Crippen LogP) is -4.32. The summed E-state index contributed by atoms with van der Waals surface area (Å²) in [6.07, 6.45) is 11.2. The van der Waals surface area contributed by atoms with Gasteiger partial charge in [-0.3, -0.25) is 4.79 Å². The molecule has 3 aliphatic rings. The fraction of sp³-hybridized carbons (Fsp3) is 0.464. The molecule has 7 heteroatoms. The highest BCUT2D eigenvalue weighted by atomic mass is 35.5. The molecule has 0 aliphatic carbocycles. The molecule has 0 unspecified atom stereocenters. The highest BCUT2D eigenvalue weighted by molar-refractivity contribution is 5.88. The number of benzene rings is 2. The molecular formula is C28H38Cl2N4O. The number of anilines is 2. The Kier molecular flexibility index (Phi) is 9.65. The number of primary amides is 1. The Morgan fingerprint density at radius 1 is 0.829 bits per heavy atom. The summed E-state index contributed by atoms with van der Waals surface area (Å²) in [5, 5.41) is 0. The van der Waals surface area contributed by atoms with Crippen molar-refractivity contribution in [3.8, 4) is 0 Å². The molecule has 3 aliphatic heterocycles. The van der Waals surface area contributed by atoms with Crippen LogP contribution in [-0.4, -0.2) is 50.7 Å². The van der Waals surface area contributed by atoms with Crippen LogP contribution in [0.25, 0.3) is 12.2 Å². The second kappa shape index (κ2) is 12.3. The zero-order valence-corrected chi connectivity index (χ0v) is 22.0. The number of rotatable bonds is 6. The summed E-state index contributed by atoms with van der Waals surface area (Å²) in [4.78, 5) is 18.1. The summed E-state index contributed by atoms with van der Waals surface area (Å²) in [5.74, 6) is -0.0660. The van der Waals surface area contributed by atoms with E-state index >= 15 is 0 Å². The van der Waals surface area contributed by atoms with Crippen LogP contribution in [0, 0.1) is 0 Å². The van der Waals surface area contributed by atoms with Crippen molar-refractivity contribution >= 4 is 29.4 Å². The normalized spacial score (nSPS) is 23.8. The van der Waals surface area contributed by atoms with Crippen LogP contribution in [0.15, 0.2) is 48.5 Å². The van der Waals surface area contributed by atoms with Crippen molar-refractivity contribution in [3.63, 3.8) is 0 Å². The number of likely N-dealkylation sites (tertiary alicyclic amines) is 2. The molecule has 35 heavy (non-hydrogen) atoms. The summed E-state index contributed by atoms with van der Waals surface area (Å²) >= 11 is 0. The molecule has 2 aromatic carbocycles. The van der Waals surface area contributed by atoms with Gasteiger partial charge in [-0.25, -0.2) is 0 Å².